The topological polar surface area (TPSA) is 70.9 Å². The number of rotatable bonds is 3. The molecule has 1 heterocycles. The predicted octanol–water partition coefficient (Wildman–Crippen LogP) is 1.51. The summed E-state index contributed by atoms with van der Waals surface area (Å²) in [6, 6.07) is 1.56. The Morgan fingerprint density at radius 1 is 1.86 bits per heavy atom. The number of aromatic nitrogens is 1. The number of nitrogens with two attached hydrogens (primary N) is 1. The van der Waals surface area contributed by atoms with E-state index in [1.807, 2.05) is 6.92 Å². The minimum atomic E-state index is -0.213. The van der Waals surface area contributed by atoms with E-state index in [2.05, 4.69) is 26.2 Å². The maximum atomic E-state index is 11.4. The summed E-state index contributed by atoms with van der Waals surface area (Å²) >= 11 is 8.93. The fraction of sp³-hybridized carbons (Fsp3) is 0.375. The average molecular weight is 281 g/mol. The molecule has 1 unspecified atom stereocenters. The number of amides is 1. The van der Waals surface area contributed by atoms with Crippen molar-refractivity contribution in [1.82, 2.24) is 10.3 Å². The largest absolute Gasteiger partial charge is 0.349 e. The van der Waals surface area contributed by atoms with Gasteiger partial charge in [0.25, 0.3) is 5.91 Å². The van der Waals surface area contributed by atoms with Crippen molar-refractivity contribution in [3.8, 4) is 0 Å². The lowest BCUT2D eigenvalue weighted by atomic mass is 10.3. The van der Waals surface area contributed by atoms with Gasteiger partial charge in [0.05, 0.1) is 4.47 Å². The summed E-state index contributed by atoms with van der Waals surface area (Å²) in [6.45, 7) is 2.25. The Hall–Kier alpha value is -0.520. The molecule has 0 aliphatic heterocycles. The van der Waals surface area contributed by atoms with Crippen LogP contribution in [0.2, 0.25) is 5.15 Å². The van der Waals surface area contributed by atoms with E-state index >= 15 is 0 Å². The fourth-order valence-corrected chi connectivity index (χ4v) is 1.36. The Morgan fingerprint density at radius 2 is 2.50 bits per heavy atom. The zero-order chi connectivity index (χ0) is 10.7. The van der Waals surface area contributed by atoms with Crippen molar-refractivity contribution in [3.05, 3.63) is 21.4 Å². The highest BCUT2D eigenvalue weighted by molar-refractivity contribution is 9.10. The quantitative estimate of drug-likeness (QED) is 0.785. The van der Waals surface area contributed by atoms with Crippen LogP contribution in [0.5, 0.6) is 0 Å². The number of H-pyrrole nitrogens is 1. The lowest BCUT2D eigenvalue weighted by molar-refractivity contribution is 0.0947. The van der Waals surface area contributed by atoms with Crippen molar-refractivity contribution in [3.63, 3.8) is 0 Å². The zero-order valence-corrected chi connectivity index (χ0v) is 9.95. The van der Waals surface area contributed by atoms with Crippen LogP contribution in [0.4, 0.5) is 0 Å². The molecule has 4 nitrogen and oxygen atoms in total. The molecule has 1 aromatic rings. The first kappa shape index (κ1) is 11.6. The van der Waals surface area contributed by atoms with Crippen LogP contribution in [-0.4, -0.2) is 23.5 Å². The lowest BCUT2D eigenvalue weighted by Gasteiger charge is -2.05. The van der Waals surface area contributed by atoms with Gasteiger partial charge in [-0.25, -0.2) is 0 Å². The molecule has 0 radical (unpaired) electrons. The Morgan fingerprint density at radius 3 is 2.93 bits per heavy atom. The number of aromatic amines is 1. The van der Waals surface area contributed by atoms with Crippen LogP contribution < -0.4 is 11.1 Å². The Labute approximate surface area is 95.3 Å². The van der Waals surface area contributed by atoms with Gasteiger partial charge >= 0.3 is 0 Å². The van der Waals surface area contributed by atoms with Gasteiger partial charge in [-0.3, -0.25) is 4.79 Å². The highest BCUT2D eigenvalue weighted by atomic mass is 79.9. The Kier molecular flexibility index (Phi) is 3.97. The second-order valence-corrected chi connectivity index (χ2v) is 4.26. The van der Waals surface area contributed by atoms with Gasteiger partial charge in [-0.15, -0.1) is 0 Å². The molecule has 1 rings (SSSR count). The second-order valence-electron chi connectivity index (χ2n) is 3.03. The van der Waals surface area contributed by atoms with Crippen molar-refractivity contribution >= 4 is 33.4 Å². The number of halogens is 2. The van der Waals surface area contributed by atoms with Gasteiger partial charge < -0.3 is 16.0 Å². The lowest BCUT2D eigenvalue weighted by Crippen LogP contribution is -2.35. The van der Waals surface area contributed by atoms with Crippen LogP contribution in [0.15, 0.2) is 10.5 Å². The molecule has 0 aliphatic carbocycles. The van der Waals surface area contributed by atoms with Crippen LogP contribution in [0.3, 0.4) is 0 Å². The van der Waals surface area contributed by atoms with E-state index in [9.17, 15) is 4.79 Å². The van der Waals surface area contributed by atoms with Crippen LogP contribution in [0, 0.1) is 0 Å². The van der Waals surface area contributed by atoms with Gasteiger partial charge in [0, 0.05) is 12.6 Å². The molecule has 0 fully saturated rings. The first-order valence-electron chi connectivity index (χ1n) is 4.08. The molecule has 0 saturated carbocycles. The number of hydrogen-bond acceptors (Lipinski definition) is 2. The smallest absolute Gasteiger partial charge is 0.267 e. The zero-order valence-electron chi connectivity index (χ0n) is 7.60. The van der Waals surface area contributed by atoms with Crippen LogP contribution in [0.1, 0.15) is 17.4 Å². The maximum Gasteiger partial charge on any atom is 0.267 e. The van der Waals surface area contributed by atoms with Gasteiger partial charge in [0.1, 0.15) is 10.8 Å². The normalized spacial score (nSPS) is 12.6. The summed E-state index contributed by atoms with van der Waals surface area (Å²) < 4.78 is 0.671. The van der Waals surface area contributed by atoms with E-state index in [0.29, 0.717) is 21.9 Å². The number of nitrogens with one attached hydrogen (secondary N) is 2. The molecule has 1 amide bonds. The molecule has 1 aromatic heterocycles. The molecule has 0 aromatic carbocycles. The monoisotopic (exact) mass is 279 g/mol. The number of carbonyl (C=O) groups is 1. The summed E-state index contributed by atoms with van der Waals surface area (Å²) in [4.78, 5) is 14.2. The van der Waals surface area contributed by atoms with E-state index in [1.54, 1.807) is 6.07 Å². The molecule has 0 saturated heterocycles. The first-order valence-corrected chi connectivity index (χ1v) is 5.25. The SMILES string of the molecule is CC(N)CNC(=O)c1cc(Br)c(Cl)[nH]1. The van der Waals surface area contributed by atoms with E-state index in [-0.39, 0.29) is 11.9 Å². The number of carbonyl (C=O) groups excluding carboxylic acids is 1. The van der Waals surface area contributed by atoms with E-state index in [0.717, 1.165) is 0 Å². The van der Waals surface area contributed by atoms with Crippen molar-refractivity contribution in [2.45, 2.75) is 13.0 Å². The molecule has 78 valence electrons. The molecule has 0 spiro atoms. The number of hydrogen-bond donors (Lipinski definition) is 3. The van der Waals surface area contributed by atoms with Crippen LogP contribution in [0.25, 0.3) is 0 Å². The third-order valence-corrected chi connectivity index (χ3v) is 2.71. The molecule has 0 aliphatic rings. The van der Waals surface area contributed by atoms with Gasteiger partial charge in [0.2, 0.25) is 0 Å². The van der Waals surface area contributed by atoms with Crippen molar-refractivity contribution in [2.75, 3.05) is 6.54 Å². The summed E-state index contributed by atoms with van der Waals surface area (Å²) in [5, 5.41) is 3.08. The molecule has 1 atom stereocenters. The molecule has 0 bridgehead atoms. The van der Waals surface area contributed by atoms with Crippen LogP contribution in [-0.2, 0) is 0 Å². The van der Waals surface area contributed by atoms with Gasteiger partial charge in [0.15, 0.2) is 0 Å². The standard InChI is InChI=1S/C8H11BrClN3O/c1-4(11)3-12-8(14)6-2-5(9)7(10)13-6/h2,4,13H,3,11H2,1H3,(H,12,14). The average Bonchev–Trinajstić information content (AvgIpc) is 2.43. The van der Waals surface area contributed by atoms with Crippen LogP contribution >= 0.6 is 27.5 Å². The minimum Gasteiger partial charge on any atom is -0.349 e. The maximum absolute atomic E-state index is 11.4. The molecular formula is C8H11BrClN3O. The summed E-state index contributed by atoms with van der Waals surface area (Å²) in [7, 11) is 0. The van der Waals surface area contributed by atoms with Gasteiger partial charge in [-0.2, -0.15) is 0 Å². The van der Waals surface area contributed by atoms with Gasteiger partial charge in [-0.1, -0.05) is 11.6 Å². The summed E-state index contributed by atoms with van der Waals surface area (Å²) in [5.41, 5.74) is 5.91. The summed E-state index contributed by atoms with van der Waals surface area (Å²) in [5.74, 6) is -0.213. The second kappa shape index (κ2) is 4.82. The fourth-order valence-electron chi connectivity index (χ4n) is 0.875. The predicted molar refractivity (Wildman–Crippen MR) is 59.5 cm³/mol. The Bertz CT molecular complexity index is 318. The van der Waals surface area contributed by atoms with Crippen molar-refractivity contribution in [2.24, 2.45) is 5.73 Å². The highest BCUT2D eigenvalue weighted by Crippen LogP contribution is 2.22. The highest BCUT2D eigenvalue weighted by Gasteiger charge is 2.10. The summed E-state index contributed by atoms with van der Waals surface area (Å²) in [6.07, 6.45) is 0. The van der Waals surface area contributed by atoms with Gasteiger partial charge in [-0.05, 0) is 28.9 Å². The van der Waals surface area contributed by atoms with Crippen molar-refractivity contribution < 1.29 is 4.79 Å². The third kappa shape index (κ3) is 3.01. The van der Waals surface area contributed by atoms with E-state index in [1.165, 1.54) is 0 Å². The van der Waals surface area contributed by atoms with E-state index in [4.69, 9.17) is 17.3 Å². The minimum absolute atomic E-state index is 0.0622. The van der Waals surface area contributed by atoms with Crippen molar-refractivity contribution in [1.29, 1.82) is 0 Å². The third-order valence-electron chi connectivity index (χ3n) is 1.55. The molecule has 14 heavy (non-hydrogen) atoms. The first-order chi connectivity index (χ1) is 6.50. The molecular weight excluding hydrogens is 269 g/mol. The van der Waals surface area contributed by atoms with E-state index < -0.39 is 0 Å². The Balaban J connectivity index is 2.61. The molecule has 6 heteroatoms. The molecule has 4 N–H and O–H groups in total.